The summed E-state index contributed by atoms with van der Waals surface area (Å²) in [4.78, 5) is 24.5. The molecule has 2 aliphatic rings. The third-order valence-corrected chi connectivity index (χ3v) is 11.7. The second-order valence-electron chi connectivity index (χ2n) is 17.1. The molecule has 0 N–H and O–H groups in total. The zero-order valence-corrected chi connectivity index (χ0v) is 35.8. The molecule has 7 nitrogen and oxygen atoms in total. The number of carbonyl (C=O) groups is 2. The normalized spacial score (nSPS) is 18.6. The van der Waals surface area contributed by atoms with Gasteiger partial charge in [-0.3, -0.25) is 0 Å². The number of halogens is 1. The molecule has 1 aliphatic heterocycles. The van der Waals surface area contributed by atoms with Crippen LogP contribution in [0.25, 0.3) is 22.3 Å². The van der Waals surface area contributed by atoms with Crippen LogP contribution in [0.3, 0.4) is 0 Å². The standard InChI is InChI=1S/C50H65FO7/c1-9-11-12-14-36-16-18-38(19-17-36)39-20-22-40(23-21-39)41-24-25-43(45(51)28-41)44-27-42(15-13-26-54-47(52)34(3)4)46(29-37(44)10-2)55-30-50(31-56-48(53)35(5)6)32-57-49(7,8)58-33-50/h20-25,27-29,36,38H,3,5,9-19,26,30-33H2,1-2,4,6-8H3. The Morgan fingerprint density at radius 2 is 1.43 bits per heavy atom. The Kier molecular flexibility index (Phi) is 15.9. The highest BCUT2D eigenvalue weighted by atomic mass is 19.1. The maximum atomic E-state index is 16.3. The van der Waals surface area contributed by atoms with Crippen molar-refractivity contribution >= 4 is 11.9 Å². The van der Waals surface area contributed by atoms with Crippen LogP contribution < -0.4 is 4.74 Å². The molecule has 0 bridgehead atoms. The molecular weight excluding hydrogens is 732 g/mol. The molecule has 314 valence electrons. The first-order chi connectivity index (χ1) is 27.7. The van der Waals surface area contributed by atoms with Crippen molar-refractivity contribution in [1.82, 2.24) is 0 Å². The molecule has 1 heterocycles. The average Bonchev–Trinajstić information content (AvgIpc) is 3.22. The molecule has 1 aliphatic carbocycles. The van der Waals surface area contributed by atoms with Gasteiger partial charge < -0.3 is 23.7 Å². The molecular formula is C50H65FO7. The van der Waals surface area contributed by atoms with Crippen molar-refractivity contribution in [2.45, 2.75) is 124 Å². The summed E-state index contributed by atoms with van der Waals surface area (Å²) in [6.45, 7) is 19.4. The lowest BCUT2D eigenvalue weighted by atomic mass is 9.77. The van der Waals surface area contributed by atoms with Gasteiger partial charge in [0.05, 0.1) is 25.2 Å². The van der Waals surface area contributed by atoms with Gasteiger partial charge >= 0.3 is 11.9 Å². The Bertz CT molecular complexity index is 1880. The van der Waals surface area contributed by atoms with E-state index in [0.29, 0.717) is 47.6 Å². The predicted molar refractivity (Wildman–Crippen MR) is 229 cm³/mol. The van der Waals surface area contributed by atoms with Crippen molar-refractivity contribution in [1.29, 1.82) is 0 Å². The first kappa shape index (κ1) is 44.8. The Balaban J connectivity index is 1.37. The number of benzene rings is 3. The number of ether oxygens (including phenoxy) is 5. The van der Waals surface area contributed by atoms with Crippen molar-refractivity contribution in [2.24, 2.45) is 11.3 Å². The van der Waals surface area contributed by atoms with Gasteiger partial charge in [-0.25, -0.2) is 14.0 Å². The minimum atomic E-state index is -0.791. The van der Waals surface area contributed by atoms with Gasteiger partial charge in [-0.1, -0.05) is 89.1 Å². The quantitative estimate of drug-likeness (QED) is 0.0679. The van der Waals surface area contributed by atoms with Crippen LogP contribution in [0.4, 0.5) is 4.39 Å². The number of hydrogen-bond donors (Lipinski definition) is 0. The number of carbonyl (C=O) groups excluding carboxylic acids is 2. The molecule has 0 amide bonds. The zero-order chi connectivity index (χ0) is 41.9. The lowest BCUT2D eigenvalue weighted by Gasteiger charge is -2.42. The largest absolute Gasteiger partial charge is 0.492 e. The van der Waals surface area contributed by atoms with Crippen molar-refractivity contribution in [2.75, 3.05) is 33.0 Å². The van der Waals surface area contributed by atoms with Crippen molar-refractivity contribution < 1.29 is 37.7 Å². The van der Waals surface area contributed by atoms with Crippen LogP contribution >= 0.6 is 0 Å². The number of rotatable bonds is 19. The van der Waals surface area contributed by atoms with E-state index in [2.05, 4.69) is 44.3 Å². The van der Waals surface area contributed by atoms with Gasteiger partial charge in [-0.05, 0) is 136 Å². The second kappa shape index (κ2) is 20.6. The number of aryl methyl sites for hydroxylation is 2. The molecule has 1 saturated heterocycles. The predicted octanol–water partition coefficient (Wildman–Crippen LogP) is 11.9. The van der Waals surface area contributed by atoms with Gasteiger partial charge in [-0.2, -0.15) is 0 Å². The molecule has 0 aromatic heterocycles. The van der Waals surface area contributed by atoms with Crippen molar-refractivity contribution in [3.8, 4) is 28.0 Å². The zero-order valence-electron chi connectivity index (χ0n) is 35.8. The van der Waals surface area contributed by atoms with Gasteiger partial charge in [0.1, 0.15) is 24.8 Å². The van der Waals surface area contributed by atoms with Gasteiger partial charge in [-0.15, -0.1) is 0 Å². The van der Waals surface area contributed by atoms with E-state index in [-0.39, 0.29) is 38.9 Å². The van der Waals surface area contributed by atoms with E-state index >= 15 is 4.39 Å². The molecule has 0 spiro atoms. The molecule has 0 atom stereocenters. The van der Waals surface area contributed by atoms with Gasteiger partial charge in [0.15, 0.2) is 5.79 Å². The topological polar surface area (TPSA) is 80.3 Å². The fourth-order valence-corrected chi connectivity index (χ4v) is 7.94. The molecule has 2 fully saturated rings. The summed E-state index contributed by atoms with van der Waals surface area (Å²) in [5.74, 6) is 0.0583. The highest BCUT2D eigenvalue weighted by Crippen LogP contribution is 2.40. The van der Waals surface area contributed by atoms with Crippen LogP contribution in [0, 0.1) is 17.2 Å². The molecule has 3 aromatic carbocycles. The van der Waals surface area contributed by atoms with E-state index in [1.54, 1.807) is 19.9 Å². The molecule has 0 unspecified atom stereocenters. The summed E-state index contributed by atoms with van der Waals surface area (Å²) >= 11 is 0. The molecule has 3 aromatic rings. The third kappa shape index (κ3) is 12.1. The lowest BCUT2D eigenvalue weighted by Crippen LogP contribution is -2.52. The summed E-state index contributed by atoms with van der Waals surface area (Å²) < 4.78 is 45.9. The smallest absolute Gasteiger partial charge is 0.333 e. The Labute approximate surface area is 346 Å². The first-order valence-electron chi connectivity index (χ1n) is 21.3. The SMILES string of the molecule is C=C(C)C(=O)OCCCc1cc(-c2ccc(-c3ccc(C4CCC(CCCCC)CC4)cc3)cc2F)c(CC)cc1OCC1(COC(=O)C(=C)C)COC(C)(C)OC1. The number of hydrogen-bond acceptors (Lipinski definition) is 7. The molecule has 0 radical (unpaired) electrons. The molecule has 5 rings (SSSR count). The molecule has 8 heteroatoms. The van der Waals surface area contributed by atoms with Crippen molar-refractivity contribution in [3.63, 3.8) is 0 Å². The van der Waals surface area contributed by atoms with E-state index in [1.807, 2.05) is 45.0 Å². The fourth-order valence-electron chi connectivity index (χ4n) is 7.94. The maximum Gasteiger partial charge on any atom is 0.333 e. The van der Waals surface area contributed by atoms with Crippen LogP contribution in [-0.4, -0.2) is 50.8 Å². The summed E-state index contributed by atoms with van der Waals surface area (Å²) in [6, 6.07) is 18.2. The highest BCUT2D eigenvalue weighted by Gasteiger charge is 2.42. The van der Waals surface area contributed by atoms with Gasteiger partial charge in [0.2, 0.25) is 0 Å². The van der Waals surface area contributed by atoms with E-state index in [4.69, 9.17) is 23.7 Å². The van der Waals surface area contributed by atoms with E-state index in [0.717, 1.165) is 33.7 Å². The maximum absolute atomic E-state index is 16.3. The Morgan fingerprint density at radius 3 is 2.05 bits per heavy atom. The Morgan fingerprint density at radius 1 is 0.776 bits per heavy atom. The molecule has 58 heavy (non-hydrogen) atoms. The van der Waals surface area contributed by atoms with Crippen LogP contribution in [0.1, 0.15) is 122 Å². The number of esters is 2. The van der Waals surface area contributed by atoms with Crippen LogP contribution in [0.2, 0.25) is 0 Å². The summed E-state index contributed by atoms with van der Waals surface area (Å²) in [6.07, 6.45) is 12.1. The highest BCUT2D eigenvalue weighted by molar-refractivity contribution is 5.87. The first-order valence-corrected chi connectivity index (χ1v) is 21.3. The average molecular weight is 797 g/mol. The lowest BCUT2D eigenvalue weighted by molar-refractivity contribution is -0.294. The minimum Gasteiger partial charge on any atom is -0.492 e. The minimum absolute atomic E-state index is 0.0141. The summed E-state index contributed by atoms with van der Waals surface area (Å²) in [7, 11) is 0. The van der Waals surface area contributed by atoms with E-state index < -0.39 is 23.1 Å². The summed E-state index contributed by atoms with van der Waals surface area (Å²) in [5, 5.41) is 0. The Hall–Kier alpha value is -4.27. The van der Waals surface area contributed by atoms with Gasteiger partial charge in [0, 0.05) is 16.7 Å². The second-order valence-corrected chi connectivity index (χ2v) is 17.1. The van der Waals surface area contributed by atoms with Crippen LogP contribution in [0.15, 0.2) is 78.9 Å². The van der Waals surface area contributed by atoms with E-state index in [9.17, 15) is 9.59 Å². The van der Waals surface area contributed by atoms with Gasteiger partial charge in [0.25, 0.3) is 0 Å². The summed E-state index contributed by atoms with van der Waals surface area (Å²) in [5.41, 5.74) is 6.11. The van der Waals surface area contributed by atoms with E-state index in [1.165, 1.54) is 56.9 Å². The fraction of sp³-hybridized carbons (Fsp3) is 0.520. The number of unbranched alkanes of at least 4 members (excludes halogenated alkanes) is 2. The molecule has 1 saturated carbocycles. The monoisotopic (exact) mass is 796 g/mol. The van der Waals surface area contributed by atoms with Crippen LogP contribution in [-0.2, 0) is 41.4 Å². The van der Waals surface area contributed by atoms with Crippen molar-refractivity contribution in [3.05, 3.63) is 101 Å². The van der Waals surface area contributed by atoms with Crippen LogP contribution in [0.5, 0.6) is 5.75 Å². The third-order valence-electron chi connectivity index (χ3n) is 11.7.